The van der Waals surface area contributed by atoms with E-state index in [1.54, 1.807) is 19.5 Å². The third kappa shape index (κ3) is 7.58. The van der Waals surface area contributed by atoms with Gasteiger partial charge in [0.05, 0.1) is 6.61 Å². The number of aromatic nitrogens is 2. The van der Waals surface area contributed by atoms with Crippen molar-refractivity contribution in [2.24, 2.45) is 4.99 Å². The van der Waals surface area contributed by atoms with Crippen molar-refractivity contribution in [3.8, 4) is 0 Å². The van der Waals surface area contributed by atoms with Gasteiger partial charge in [0, 0.05) is 65.8 Å². The summed E-state index contributed by atoms with van der Waals surface area (Å²) in [6.45, 7) is 7.38. The minimum Gasteiger partial charge on any atom is -0.383 e. The summed E-state index contributed by atoms with van der Waals surface area (Å²) in [6, 6.07) is 1.85. The topological polar surface area (TPSA) is 69.1 Å². The second-order valence-electron chi connectivity index (χ2n) is 6.15. The monoisotopic (exact) mass is 477 g/mol. The van der Waals surface area contributed by atoms with Gasteiger partial charge in [-0.2, -0.15) is 0 Å². The summed E-state index contributed by atoms with van der Waals surface area (Å²) in [5.74, 6) is 1.79. The zero-order chi connectivity index (χ0) is 17.9. The van der Waals surface area contributed by atoms with Gasteiger partial charge in [0.25, 0.3) is 0 Å². The number of halogens is 1. The van der Waals surface area contributed by atoms with E-state index in [1.807, 2.05) is 13.1 Å². The Labute approximate surface area is 174 Å². The van der Waals surface area contributed by atoms with E-state index in [2.05, 4.69) is 42.0 Å². The molecule has 1 N–H and O–H groups in total. The van der Waals surface area contributed by atoms with Gasteiger partial charge < -0.3 is 24.8 Å². The van der Waals surface area contributed by atoms with Crippen LogP contribution >= 0.6 is 24.0 Å². The molecule has 148 valence electrons. The first kappa shape index (κ1) is 22.8. The molecule has 0 atom stereocenters. The maximum Gasteiger partial charge on any atom is 0.225 e. The largest absolute Gasteiger partial charge is 0.383 e. The van der Waals surface area contributed by atoms with Crippen LogP contribution in [0.25, 0.3) is 0 Å². The molecule has 0 aliphatic carbocycles. The molecular formula is C17H32IN7O. The number of anilines is 1. The van der Waals surface area contributed by atoms with E-state index in [9.17, 15) is 0 Å². The van der Waals surface area contributed by atoms with E-state index in [-0.39, 0.29) is 24.0 Å². The van der Waals surface area contributed by atoms with Crippen LogP contribution in [0.2, 0.25) is 0 Å². The lowest BCUT2D eigenvalue weighted by atomic mass is 10.3. The van der Waals surface area contributed by atoms with Crippen LogP contribution in [0.1, 0.15) is 6.42 Å². The van der Waals surface area contributed by atoms with Gasteiger partial charge in [-0.05, 0) is 26.1 Å². The van der Waals surface area contributed by atoms with Gasteiger partial charge in [0.2, 0.25) is 5.95 Å². The Balaban J connectivity index is 0.00000338. The molecule has 0 saturated carbocycles. The smallest absolute Gasteiger partial charge is 0.225 e. The van der Waals surface area contributed by atoms with E-state index in [1.165, 1.54) is 0 Å². The van der Waals surface area contributed by atoms with Crippen LogP contribution in [0.3, 0.4) is 0 Å². The van der Waals surface area contributed by atoms with E-state index >= 15 is 0 Å². The molecule has 0 radical (unpaired) electrons. The maximum absolute atomic E-state index is 5.10. The fourth-order valence-electron chi connectivity index (χ4n) is 2.81. The minimum absolute atomic E-state index is 0. The lowest BCUT2D eigenvalue weighted by Gasteiger charge is -2.36. The van der Waals surface area contributed by atoms with Crippen molar-refractivity contribution in [3.63, 3.8) is 0 Å². The van der Waals surface area contributed by atoms with Crippen molar-refractivity contribution in [2.75, 3.05) is 78.5 Å². The molecule has 2 heterocycles. The predicted octanol–water partition coefficient (Wildman–Crippen LogP) is 0.760. The molecule has 1 aliphatic heterocycles. The number of methoxy groups -OCH3 is 1. The lowest BCUT2D eigenvalue weighted by Crippen LogP contribution is -2.53. The highest BCUT2D eigenvalue weighted by atomic mass is 127. The van der Waals surface area contributed by atoms with Crippen LogP contribution in [0.5, 0.6) is 0 Å². The van der Waals surface area contributed by atoms with E-state index in [0.717, 1.165) is 70.7 Å². The summed E-state index contributed by atoms with van der Waals surface area (Å²) in [6.07, 6.45) is 4.66. The average Bonchev–Trinajstić information content (AvgIpc) is 2.67. The normalized spacial score (nSPS) is 15.2. The summed E-state index contributed by atoms with van der Waals surface area (Å²) in [5.41, 5.74) is 0. The molecule has 0 aromatic carbocycles. The van der Waals surface area contributed by atoms with Gasteiger partial charge in [-0.3, -0.25) is 4.99 Å². The number of rotatable bonds is 8. The standard InChI is InChI=1S/C17H31N7O.HI/c1-18-16(19-8-5-9-22(2)14-15-25-3)23-10-12-24(13-11-23)17-20-6-4-7-21-17;/h4,6-7H,5,8-15H2,1-3H3,(H,18,19);1H. The molecule has 0 bridgehead atoms. The zero-order valence-electron chi connectivity index (χ0n) is 16.1. The van der Waals surface area contributed by atoms with Crippen LogP contribution in [-0.4, -0.2) is 99.4 Å². The Morgan fingerprint density at radius 1 is 1.23 bits per heavy atom. The summed E-state index contributed by atoms with van der Waals surface area (Å²) in [7, 11) is 5.71. The molecule has 0 unspecified atom stereocenters. The molecule has 8 nitrogen and oxygen atoms in total. The molecule has 26 heavy (non-hydrogen) atoms. The highest BCUT2D eigenvalue weighted by molar-refractivity contribution is 14.0. The summed E-state index contributed by atoms with van der Waals surface area (Å²) < 4.78 is 5.10. The van der Waals surface area contributed by atoms with Crippen LogP contribution in [0, 0.1) is 0 Å². The Hall–Kier alpha value is -1.20. The molecular weight excluding hydrogens is 445 g/mol. The number of aliphatic imine (C=N–C) groups is 1. The fraction of sp³-hybridized carbons (Fsp3) is 0.706. The molecule has 1 aromatic rings. The van der Waals surface area contributed by atoms with Crippen molar-refractivity contribution in [1.82, 2.24) is 25.1 Å². The van der Waals surface area contributed by atoms with Crippen molar-refractivity contribution in [3.05, 3.63) is 18.5 Å². The first-order chi connectivity index (χ1) is 12.2. The maximum atomic E-state index is 5.10. The lowest BCUT2D eigenvalue weighted by molar-refractivity contribution is 0.161. The Kier molecular flexibility index (Phi) is 11.5. The minimum atomic E-state index is 0. The fourth-order valence-corrected chi connectivity index (χ4v) is 2.81. The number of nitrogens with one attached hydrogen (secondary N) is 1. The first-order valence-corrected chi connectivity index (χ1v) is 8.89. The second kappa shape index (κ2) is 13.0. The molecule has 1 aliphatic rings. The number of likely N-dealkylation sites (N-methyl/N-ethyl adjacent to an activating group) is 1. The third-order valence-corrected chi connectivity index (χ3v) is 4.30. The van der Waals surface area contributed by atoms with Crippen molar-refractivity contribution < 1.29 is 4.74 Å². The summed E-state index contributed by atoms with van der Waals surface area (Å²) >= 11 is 0. The van der Waals surface area contributed by atoms with Crippen molar-refractivity contribution in [1.29, 1.82) is 0 Å². The van der Waals surface area contributed by atoms with Crippen molar-refractivity contribution >= 4 is 35.9 Å². The van der Waals surface area contributed by atoms with Gasteiger partial charge >= 0.3 is 0 Å². The molecule has 0 spiro atoms. The van der Waals surface area contributed by atoms with Crippen LogP contribution in [0.15, 0.2) is 23.5 Å². The van der Waals surface area contributed by atoms with Crippen LogP contribution < -0.4 is 10.2 Å². The van der Waals surface area contributed by atoms with Crippen molar-refractivity contribution in [2.45, 2.75) is 6.42 Å². The zero-order valence-corrected chi connectivity index (χ0v) is 18.4. The number of guanidine groups is 1. The quantitative estimate of drug-likeness (QED) is 0.257. The molecule has 1 saturated heterocycles. The Morgan fingerprint density at radius 3 is 2.54 bits per heavy atom. The predicted molar refractivity (Wildman–Crippen MR) is 117 cm³/mol. The second-order valence-corrected chi connectivity index (χ2v) is 6.15. The van der Waals surface area contributed by atoms with Gasteiger partial charge in [-0.1, -0.05) is 0 Å². The van der Waals surface area contributed by atoms with Gasteiger partial charge in [0.1, 0.15) is 0 Å². The summed E-state index contributed by atoms with van der Waals surface area (Å²) in [4.78, 5) is 19.9. The van der Waals surface area contributed by atoms with Crippen LogP contribution in [-0.2, 0) is 4.74 Å². The third-order valence-electron chi connectivity index (χ3n) is 4.30. The number of piperazine rings is 1. The Bertz CT molecular complexity index is 509. The number of hydrogen-bond donors (Lipinski definition) is 1. The molecule has 1 aromatic heterocycles. The highest BCUT2D eigenvalue weighted by Crippen LogP contribution is 2.09. The number of hydrogen-bond acceptors (Lipinski definition) is 6. The molecule has 0 amide bonds. The molecule has 1 fully saturated rings. The molecule has 2 rings (SSSR count). The Morgan fingerprint density at radius 2 is 1.92 bits per heavy atom. The number of ether oxygens (including phenoxy) is 1. The van der Waals surface area contributed by atoms with Crippen LogP contribution in [0.4, 0.5) is 5.95 Å². The average molecular weight is 477 g/mol. The van der Waals surface area contributed by atoms with Gasteiger partial charge in [-0.15, -0.1) is 24.0 Å². The van der Waals surface area contributed by atoms with E-state index < -0.39 is 0 Å². The SMILES string of the molecule is CN=C(NCCCN(C)CCOC)N1CCN(c2ncccn2)CC1.I. The van der Waals surface area contributed by atoms with E-state index in [0.29, 0.717) is 0 Å². The molecule has 9 heteroatoms. The summed E-state index contributed by atoms with van der Waals surface area (Å²) in [5, 5.41) is 3.47. The van der Waals surface area contributed by atoms with Gasteiger partial charge in [-0.25, -0.2) is 9.97 Å². The van der Waals surface area contributed by atoms with Gasteiger partial charge in [0.15, 0.2) is 5.96 Å². The van der Waals surface area contributed by atoms with E-state index in [4.69, 9.17) is 4.74 Å². The highest BCUT2D eigenvalue weighted by Gasteiger charge is 2.20. The first-order valence-electron chi connectivity index (χ1n) is 8.89. The number of nitrogens with zero attached hydrogens (tertiary/aromatic N) is 6.